The van der Waals surface area contributed by atoms with E-state index in [1.54, 1.807) is 0 Å². The van der Waals surface area contributed by atoms with E-state index in [1.165, 1.54) is 37.4 Å². The van der Waals surface area contributed by atoms with Gasteiger partial charge in [-0.2, -0.15) is 0 Å². The molecule has 0 saturated heterocycles. The molecule has 4 aromatic heterocycles. The lowest BCUT2D eigenvalue weighted by molar-refractivity contribution is 0.477. The van der Waals surface area contributed by atoms with Gasteiger partial charge in [-0.05, 0) is 118 Å². The fourth-order valence-corrected chi connectivity index (χ4v) is 13.5. The number of benzene rings is 8. The van der Waals surface area contributed by atoms with E-state index in [-0.39, 0.29) is 0 Å². The van der Waals surface area contributed by atoms with E-state index < -0.39 is 5.41 Å². The Labute approximate surface area is 405 Å². The molecule has 0 saturated carbocycles. The molecule has 0 N–H and O–H groups in total. The maximum atomic E-state index is 6.40. The molecule has 0 unspecified atom stereocenters. The van der Waals surface area contributed by atoms with Crippen LogP contribution in [-0.4, -0.2) is 14.5 Å². The van der Waals surface area contributed by atoms with Crippen LogP contribution < -0.4 is 14.5 Å². The molecule has 6 nitrogen and oxygen atoms in total. The molecule has 0 fully saturated rings. The van der Waals surface area contributed by atoms with Gasteiger partial charge in [0, 0.05) is 48.6 Å². The van der Waals surface area contributed by atoms with Gasteiger partial charge >= 0.3 is 0 Å². The molecule has 15 rings (SSSR count). The summed E-state index contributed by atoms with van der Waals surface area (Å²) in [6.07, 6.45) is 0. The molecular weight excluding hydrogens is 883 g/mol. The van der Waals surface area contributed by atoms with Gasteiger partial charge in [-0.15, -0.1) is 22.7 Å². The minimum atomic E-state index is -0.606. The van der Waals surface area contributed by atoms with E-state index in [4.69, 9.17) is 14.7 Å². The Balaban J connectivity index is 1.01. The first kappa shape index (κ1) is 38.5. The fraction of sp³-hybridized carbons (Fsp3) is 0.0164. The van der Waals surface area contributed by atoms with Gasteiger partial charge in [0.1, 0.15) is 0 Å². The third-order valence-corrected chi connectivity index (χ3v) is 16.2. The van der Waals surface area contributed by atoms with Crippen LogP contribution in [0.3, 0.4) is 0 Å². The van der Waals surface area contributed by atoms with Crippen LogP contribution in [0.5, 0.6) is 11.5 Å². The van der Waals surface area contributed by atoms with Crippen LogP contribution in [0.1, 0.15) is 22.3 Å². The summed E-state index contributed by atoms with van der Waals surface area (Å²) in [4.78, 5) is 18.3. The number of nitrogens with zero attached hydrogens (tertiary/aromatic N) is 5. The number of aromatic nitrogens is 3. The average Bonchev–Trinajstić information content (AvgIpc) is 4.22. The minimum absolute atomic E-state index is 0.606. The lowest BCUT2D eigenvalue weighted by atomic mass is 9.64. The summed E-state index contributed by atoms with van der Waals surface area (Å²) < 4.78 is 8.70. The highest BCUT2D eigenvalue weighted by Crippen LogP contribution is 2.67. The molecular formula is C61H37N5OS2. The third-order valence-electron chi connectivity index (χ3n) is 14.2. The predicted molar refractivity (Wildman–Crippen MR) is 283 cm³/mol. The highest BCUT2D eigenvalue weighted by atomic mass is 32.1. The molecule has 0 bridgehead atoms. The highest BCUT2D eigenvalue weighted by molar-refractivity contribution is 7.21. The van der Waals surface area contributed by atoms with E-state index in [9.17, 15) is 0 Å². The summed E-state index contributed by atoms with van der Waals surface area (Å²) in [7, 11) is 0. The van der Waals surface area contributed by atoms with E-state index >= 15 is 0 Å². The molecule has 2 aliphatic heterocycles. The van der Waals surface area contributed by atoms with Crippen molar-refractivity contribution in [3.8, 4) is 49.7 Å². The summed E-state index contributed by atoms with van der Waals surface area (Å²) >= 11 is 3.69. The van der Waals surface area contributed by atoms with Gasteiger partial charge in [-0.25, -0.2) is 9.97 Å². The zero-order valence-electron chi connectivity index (χ0n) is 36.8. The smallest absolute Gasteiger partial charge is 0.235 e. The lowest BCUT2D eigenvalue weighted by Gasteiger charge is -2.45. The van der Waals surface area contributed by atoms with Crippen LogP contribution in [0.25, 0.3) is 60.0 Å². The summed E-state index contributed by atoms with van der Waals surface area (Å²) in [5.74, 6) is 2.29. The van der Waals surface area contributed by atoms with Crippen LogP contribution >= 0.6 is 22.7 Å². The van der Waals surface area contributed by atoms with Gasteiger partial charge < -0.3 is 14.5 Å². The van der Waals surface area contributed by atoms with Gasteiger partial charge in [0.2, 0.25) is 5.95 Å². The molecule has 0 atom stereocenters. The first-order chi connectivity index (χ1) is 34.2. The van der Waals surface area contributed by atoms with Crippen LogP contribution in [0.15, 0.2) is 223 Å². The van der Waals surface area contributed by atoms with Crippen LogP contribution in [0.2, 0.25) is 0 Å². The number of para-hydroxylation sites is 6. The van der Waals surface area contributed by atoms with Crippen molar-refractivity contribution in [3.63, 3.8) is 0 Å². The topological polar surface area (TPSA) is 46.4 Å². The van der Waals surface area contributed by atoms with E-state index in [2.05, 4.69) is 213 Å². The van der Waals surface area contributed by atoms with E-state index in [1.807, 2.05) is 46.9 Å². The van der Waals surface area contributed by atoms with Gasteiger partial charge in [-0.1, -0.05) is 121 Å². The number of hydrogen-bond acceptors (Lipinski definition) is 7. The number of fused-ring (bicyclic) bond motifs is 15. The molecule has 324 valence electrons. The molecule has 0 amide bonds. The highest BCUT2D eigenvalue weighted by Gasteiger charge is 2.54. The Hall–Kier alpha value is -8.56. The van der Waals surface area contributed by atoms with Crippen molar-refractivity contribution in [3.05, 3.63) is 245 Å². The zero-order chi connectivity index (χ0) is 45.2. The Morgan fingerprint density at radius 1 is 0.420 bits per heavy atom. The van der Waals surface area contributed by atoms with Gasteiger partial charge in [0.05, 0.1) is 50.6 Å². The Morgan fingerprint density at radius 2 is 0.942 bits per heavy atom. The first-order valence-electron chi connectivity index (χ1n) is 23.1. The van der Waals surface area contributed by atoms with Gasteiger partial charge in [-0.3, -0.25) is 4.57 Å². The molecule has 3 aliphatic rings. The van der Waals surface area contributed by atoms with Crippen LogP contribution in [0.4, 0.5) is 34.1 Å². The van der Waals surface area contributed by atoms with Crippen LogP contribution in [-0.2, 0) is 5.41 Å². The van der Waals surface area contributed by atoms with Crippen molar-refractivity contribution in [2.45, 2.75) is 5.41 Å². The molecule has 0 radical (unpaired) electrons. The Morgan fingerprint density at radius 3 is 1.57 bits per heavy atom. The molecule has 8 aromatic carbocycles. The standard InChI is InChI=1S/C61H37N5OS2/c1-3-15-38(16-4-1)46-37-47(39-17-5-2-6-18-39)63-60(62-46)66-48-21-9-7-19-42(48)56-52(66)31-32-53-57(56)61(44-33-35-68-58(44)59-45(61)34-36-69-59)43-20-8-10-22-49(43)64(53)40-27-29-41(30-28-40)65-50-23-11-13-25-54(50)67-55-26-14-12-24-51(55)65/h1-37H. The zero-order valence-corrected chi connectivity index (χ0v) is 38.5. The Bertz CT molecular complexity index is 3880. The SMILES string of the molecule is c1ccc(-c2cc(-c3ccccc3)nc(-n3c4ccccc4c4c5c(ccc43)N(c3ccc(N4c6ccccc6Oc6ccccc64)cc3)c3ccccc3C53c4ccsc4-c4sccc43)n2)cc1. The Kier molecular flexibility index (Phi) is 8.22. The van der Waals surface area contributed by atoms with Crippen LogP contribution in [0, 0.1) is 0 Å². The maximum absolute atomic E-state index is 6.40. The maximum Gasteiger partial charge on any atom is 0.235 e. The molecule has 1 spiro atoms. The molecule has 69 heavy (non-hydrogen) atoms. The quantitative estimate of drug-likeness (QED) is 0.172. The summed E-state index contributed by atoms with van der Waals surface area (Å²) in [6.45, 7) is 0. The molecule has 1 aliphatic carbocycles. The third kappa shape index (κ3) is 5.41. The normalized spacial score (nSPS) is 13.7. The van der Waals surface area contributed by atoms with Gasteiger partial charge in [0.25, 0.3) is 0 Å². The average molecular weight is 920 g/mol. The van der Waals surface area contributed by atoms with Crippen molar-refractivity contribution >= 4 is 78.6 Å². The summed E-state index contributed by atoms with van der Waals surface area (Å²) in [6, 6.07) is 75.9. The largest absolute Gasteiger partial charge is 0.453 e. The fourth-order valence-electron chi connectivity index (χ4n) is 11.4. The van der Waals surface area contributed by atoms with Crippen molar-refractivity contribution in [1.29, 1.82) is 0 Å². The van der Waals surface area contributed by atoms with E-state index in [0.29, 0.717) is 5.95 Å². The monoisotopic (exact) mass is 919 g/mol. The predicted octanol–water partition coefficient (Wildman–Crippen LogP) is 16.8. The van der Waals surface area contributed by atoms with Crippen molar-refractivity contribution in [2.24, 2.45) is 0 Å². The number of rotatable bonds is 5. The lowest BCUT2D eigenvalue weighted by Crippen LogP contribution is -2.36. The number of thiophene rings is 2. The van der Waals surface area contributed by atoms with Crippen molar-refractivity contribution < 1.29 is 4.74 Å². The number of anilines is 6. The van der Waals surface area contributed by atoms with Gasteiger partial charge in [0.15, 0.2) is 11.5 Å². The minimum Gasteiger partial charge on any atom is -0.453 e. The van der Waals surface area contributed by atoms with Crippen molar-refractivity contribution in [1.82, 2.24) is 14.5 Å². The second-order valence-electron chi connectivity index (χ2n) is 17.7. The summed E-state index contributed by atoms with van der Waals surface area (Å²) in [5, 5.41) is 6.90. The molecule has 12 aromatic rings. The van der Waals surface area contributed by atoms with E-state index in [0.717, 1.165) is 84.6 Å². The number of ether oxygens (including phenoxy) is 1. The number of hydrogen-bond donors (Lipinski definition) is 0. The molecule has 8 heteroatoms. The summed E-state index contributed by atoms with van der Waals surface area (Å²) in [5.41, 5.74) is 16.9. The van der Waals surface area contributed by atoms with Crippen molar-refractivity contribution in [2.75, 3.05) is 9.80 Å². The second-order valence-corrected chi connectivity index (χ2v) is 19.5. The first-order valence-corrected chi connectivity index (χ1v) is 24.9. The second kappa shape index (κ2) is 14.7. The molecule has 6 heterocycles.